The van der Waals surface area contributed by atoms with Crippen molar-refractivity contribution in [2.24, 2.45) is 0 Å². The Balaban J connectivity index is 1.56. The average Bonchev–Trinajstić information content (AvgIpc) is 2.62. The lowest BCUT2D eigenvalue weighted by Gasteiger charge is -2.32. The third-order valence-corrected chi connectivity index (χ3v) is 5.00. The highest BCUT2D eigenvalue weighted by Crippen LogP contribution is 2.23. The number of hydrogen-bond donors (Lipinski definition) is 0. The largest absolute Gasteiger partial charge is 0.364 e. The first-order valence-corrected chi connectivity index (χ1v) is 8.76. The molecule has 3 aromatic rings. The molecule has 0 spiro atoms. The van der Waals surface area contributed by atoms with Crippen molar-refractivity contribution in [3.8, 4) is 0 Å². The van der Waals surface area contributed by atoms with Crippen molar-refractivity contribution < 1.29 is 4.98 Å². The molecule has 0 aliphatic carbocycles. The van der Waals surface area contributed by atoms with E-state index in [4.69, 9.17) is 11.6 Å². The van der Waals surface area contributed by atoms with Gasteiger partial charge in [0.05, 0.1) is 13.1 Å². The van der Waals surface area contributed by atoms with Crippen molar-refractivity contribution >= 4 is 34.0 Å². The second-order valence-electron chi connectivity index (χ2n) is 6.34. The fourth-order valence-corrected chi connectivity index (χ4v) is 3.61. The molecule has 0 unspecified atom stereocenters. The summed E-state index contributed by atoms with van der Waals surface area (Å²) in [5.41, 5.74) is 3.69. The Morgan fingerprint density at radius 2 is 1.58 bits per heavy atom. The third kappa shape index (κ3) is 2.92. The number of aromatic nitrogens is 1. The predicted molar refractivity (Wildman–Crippen MR) is 101 cm³/mol. The van der Waals surface area contributed by atoms with E-state index in [0.717, 1.165) is 36.7 Å². The van der Waals surface area contributed by atoms with E-state index in [2.05, 4.69) is 64.2 Å². The van der Waals surface area contributed by atoms with Crippen LogP contribution >= 0.6 is 11.6 Å². The molecule has 1 fully saturated rings. The van der Waals surface area contributed by atoms with Gasteiger partial charge >= 0.3 is 0 Å². The van der Waals surface area contributed by atoms with E-state index in [1.807, 2.05) is 12.1 Å². The Morgan fingerprint density at radius 3 is 2.33 bits per heavy atom. The lowest BCUT2D eigenvalue weighted by atomic mass is 10.1. The highest BCUT2D eigenvalue weighted by molar-refractivity contribution is 6.31. The van der Waals surface area contributed by atoms with Gasteiger partial charge in [-0.1, -0.05) is 29.8 Å². The van der Waals surface area contributed by atoms with Crippen LogP contribution in [0.4, 0.5) is 11.5 Å². The average molecular weight is 339 g/mol. The number of halogens is 1. The van der Waals surface area contributed by atoms with E-state index >= 15 is 0 Å². The van der Waals surface area contributed by atoms with Gasteiger partial charge in [-0.3, -0.25) is 4.90 Å². The lowest BCUT2D eigenvalue weighted by Crippen LogP contribution is -2.48. The Kier molecular flexibility index (Phi) is 4.03. The number of aryl methyl sites for hydroxylation is 1. The number of hydrogen-bond acceptors (Lipinski definition) is 2. The maximum absolute atomic E-state index is 6.16. The summed E-state index contributed by atoms with van der Waals surface area (Å²) in [4.78, 5) is 8.42. The molecule has 0 amide bonds. The third-order valence-electron chi connectivity index (χ3n) is 4.76. The number of para-hydroxylation sites is 1. The van der Waals surface area contributed by atoms with Gasteiger partial charge in [-0.15, -0.1) is 0 Å². The van der Waals surface area contributed by atoms with Crippen LogP contribution in [0.25, 0.3) is 10.9 Å². The summed E-state index contributed by atoms with van der Waals surface area (Å²) < 4.78 is 0. The number of rotatable bonds is 2. The zero-order valence-corrected chi connectivity index (χ0v) is 14.6. The van der Waals surface area contributed by atoms with E-state index in [-0.39, 0.29) is 0 Å². The monoisotopic (exact) mass is 338 g/mol. The van der Waals surface area contributed by atoms with Gasteiger partial charge in [-0.25, -0.2) is 4.98 Å². The molecule has 0 atom stereocenters. The molecule has 4 heteroatoms. The molecule has 2 heterocycles. The van der Waals surface area contributed by atoms with Crippen LogP contribution in [-0.4, -0.2) is 26.2 Å². The molecule has 1 aliphatic rings. The van der Waals surface area contributed by atoms with Crippen LogP contribution in [0.1, 0.15) is 5.56 Å². The fourth-order valence-electron chi connectivity index (χ4n) is 3.44. The number of piperazine rings is 1. The van der Waals surface area contributed by atoms with Gasteiger partial charge in [0, 0.05) is 28.2 Å². The van der Waals surface area contributed by atoms with Crippen molar-refractivity contribution in [1.29, 1.82) is 0 Å². The van der Waals surface area contributed by atoms with Crippen LogP contribution in [0.3, 0.4) is 0 Å². The molecule has 122 valence electrons. The van der Waals surface area contributed by atoms with Gasteiger partial charge < -0.3 is 4.90 Å². The normalized spacial score (nSPS) is 15.1. The molecule has 1 saturated heterocycles. The van der Waals surface area contributed by atoms with Gasteiger partial charge in [-0.05, 0) is 36.8 Å². The number of pyridine rings is 1. The summed E-state index contributed by atoms with van der Waals surface area (Å²) in [6, 6.07) is 18.9. The quantitative estimate of drug-likeness (QED) is 0.705. The maximum Gasteiger partial charge on any atom is 0.275 e. The molecule has 1 aliphatic heterocycles. The Bertz CT molecular complexity index is 855. The van der Waals surface area contributed by atoms with Gasteiger partial charge in [0.2, 0.25) is 0 Å². The number of H-pyrrole nitrogens is 1. The number of nitrogens with one attached hydrogen (secondary N) is 1. The van der Waals surface area contributed by atoms with Gasteiger partial charge in [-0.2, -0.15) is 0 Å². The van der Waals surface area contributed by atoms with Gasteiger partial charge in [0.25, 0.3) is 5.82 Å². The molecule has 0 radical (unpaired) electrons. The number of anilines is 2. The van der Waals surface area contributed by atoms with E-state index in [1.165, 1.54) is 22.5 Å². The summed E-state index contributed by atoms with van der Waals surface area (Å²) in [7, 11) is 0. The summed E-state index contributed by atoms with van der Waals surface area (Å²) in [6.45, 7) is 6.25. The van der Waals surface area contributed by atoms with Crippen LogP contribution in [0.15, 0.2) is 54.6 Å². The van der Waals surface area contributed by atoms with Crippen molar-refractivity contribution in [2.45, 2.75) is 6.92 Å². The zero-order chi connectivity index (χ0) is 16.5. The smallest absolute Gasteiger partial charge is 0.275 e. The minimum Gasteiger partial charge on any atom is -0.364 e. The highest BCUT2D eigenvalue weighted by Gasteiger charge is 2.24. The molecule has 0 saturated carbocycles. The zero-order valence-electron chi connectivity index (χ0n) is 13.8. The van der Waals surface area contributed by atoms with Crippen molar-refractivity contribution in [3.63, 3.8) is 0 Å². The molecule has 1 N–H and O–H groups in total. The molecule has 2 aromatic carbocycles. The second-order valence-corrected chi connectivity index (χ2v) is 6.77. The summed E-state index contributed by atoms with van der Waals surface area (Å²) in [6.07, 6.45) is 0. The molecule has 0 bridgehead atoms. The topological polar surface area (TPSA) is 20.6 Å². The number of benzene rings is 2. The minimum atomic E-state index is 0.768. The van der Waals surface area contributed by atoms with Crippen LogP contribution < -0.4 is 14.8 Å². The molecule has 4 rings (SSSR count). The van der Waals surface area contributed by atoms with Crippen LogP contribution in [0.2, 0.25) is 5.02 Å². The molecular formula is C20H21ClN3+. The maximum atomic E-state index is 6.16. The number of fused-ring (bicyclic) bond motifs is 1. The summed E-state index contributed by atoms with van der Waals surface area (Å²) in [5.74, 6) is 1.18. The minimum absolute atomic E-state index is 0.768. The molecule has 1 aromatic heterocycles. The van der Waals surface area contributed by atoms with E-state index in [1.54, 1.807) is 0 Å². The first-order chi connectivity index (χ1) is 11.7. The first-order valence-electron chi connectivity index (χ1n) is 8.38. The highest BCUT2D eigenvalue weighted by atomic mass is 35.5. The Morgan fingerprint density at radius 1 is 0.875 bits per heavy atom. The van der Waals surface area contributed by atoms with Crippen molar-refractivity contribution in [2.75, 3.05) is 36.0 Å². The van der Waals surface area contributed by atoms with Gasteiger partial charge in [0.15, 0.2) is 0 Å². The van der Waals surface area contributed by atoms with E-state index in [0.29, 0.717) is 0 Å². The lowest BCUT2D eigenvalue weighted by molar-refractivity contribution is -0.330. The molecular weight excluding hydrogens is 318 g/mol. The Hall–Kier alpha value is -2.26. The van der Waals surface area contributed by atoms with E-state index in [9.17, 15) is 0 Å². The number of aromatic amines is 1. The summed E-state index contributed by atoms with van der Waals surface area (Å²) >= 11 is 6.16. The van der Waals surface area contributed by atoms with Gasteiger partial charge in [0.1, 0.15) is 18.6 Å². The summed E-state index contributed by atoms with van der Waals surface area (Å²) in [5, 5.41) is 2.00. The van der Waals surface area contributed by atoms with Crippen LogP contribution in [0, 0.1) is 6.92 Å². The van der Waals surface area contributed by atoms with Crippen LogP contribution in [0.5, 0.6) is 0 Å². The Labute approximate surface area is 147 Å². The molecule has 24 heavy (non-hydrogen) atoms. The van der Waals surface area contributed by atoms with Crippen molar-refractivity contribution in [3.05, 3.63) is 65.2 Å². The van der Waals surface area contributed by atoms with Crippen molar-refractivity contribution in [1.82, 2.24) is 0 Å². The first kappa shape index (κ1) is 15.3. The van der Waals surface area contributed by atoms with Crippen LogP contribution in [-0.2, 0) is 0 Å². The number of nitrogens with zero attached hydrogens (tertiary/aromatic N) is 2. The standard InChI is InChI=1S/C20H20ClN3/c1-15-13-20(22-19-14-16(21)7-8-18(15)19)24-11-9-23(10-12-24)17-5-3-2-4-6-17/h2-8,13-14H,9-12H2,1H3/p+1. The predicted octanol–water partition coefficient (Wildman–Crippen LogP) is 3.94. The fraction of sp³-hybridized carbons (Fsp3) is 0.250. The molecule has 3 nitrogen and oxygen atoms in total. The van der Waals surface area contributed by atoms with E-state index < -0.39 is 0 Å². The second kappa shape index (κ2) is 6.33. The SMILES string of the molecule is Cc1cc(N2CCN(c3ccccc3)CC2)[nH+]c2cc(Cl)ccc12.